The van der Waals surface area contributed by atoms with Crippen LogP contribution >= 0.6 is 11.8 Å². The second kappa shape index (κ2) is 5.41. The van der Waals surface area contributed by atoms with Gasteiger partial charge in [-0.25, -0.2) is 0 Å². The molecule has 0 radical (unpaired) electrons. The number of thioether (sulfide) groups is 1. The Kier molecular flexibility index (Phi) is 4.04. The number of aliphatic hydroxyl groups is 1. The molecule has 0 aromatic rings. The van der Waals surface area contributed by atoms with Crippen LogP contribution in [0.25, 0.3) is 0 Å². The molecule has 4 nitrogen and oxygen atoms in total. The SMILES string of the molecule is C[C@H]1CCCN1C(=O)C1=CSCN1CC1(O)CC(C)(C)C1(C)C. The Labute approximate surface area is 144 Å². The molecule has 0 bridgehead atoms. The number of carbonyl (C=O) groups excluding carboxylic acids is 1. The maximum Gasteiger partial charge on any atom is 0.270 e. The molecule has 23 heavy (non-hydrogen) atoms. The fourth-order valence-corrected chi connectivity index (χ4v) is 5.21. The third-order valence-corrected chi connectivity index (χ3v) is 7.69. The molecule has 3 rings (SSSR count). The Morgan fingerprint density at radius 2 is 2.09 bits per heavy atom. The minimum Gasteiger partial charge on any atom is -0.387 e. The van der Waals surface area contributed by atoms with Crippen LogP contribution in [0, 0.1) is 10.8 Å². The molecule has 2 fully saturated rings. The first-order valence-corrected chi connectivity index (χ1v) is 9.74. The summed E-state index contributed by atoms with van der Waals surface area (Å²) in [5.41, 5.74) is 0.0313. The second-order valence-corrected chi connectivity index (χ2v) is 9.53. The molecule has 5 heteroatoms. The Balaban J connectivity index is 1.72. The van der Waals surface area contributed by atoms with Gasteiger partial charge in [-0.3, -0.25) is 4.79 Å². The van der Waals surface area contributed by atoms with Crippen LogP contribution in [0.4, 0.5) is 0 Å². The van der Waals surface area contributed by atoms with Crippen molar-refractivity contribution in [1.82, 2.24) is 9.80 Å². The van der Waals surface area contributed by atoms with Crippen LogP contribution in [0.15, 0.2) is 11.1 Å². The van der Waals surface area contributed by atoms with E-state index in [1.807, 2.05) is 10.3 Å². The highest BCUT2D eigenvalue weighted by Crippen LogP contribution is 2.62. The van der Waals surface area contributed by atoms with E-state index in [-0.39, 0.29) is 16.7 Å². The second-order valence-electron chi connectivity index (χ2n) is 8.70. The number of amides is 1. The lowest BCUT2D eigenvalue weighted by Gasteiger charge is -2.65. The molecule has 0 spiro atoms. The van der Waals surface area contributed by atoms with Crippen LogP contribution in [0.5, 0.6) is 0 Å². The lowest BCUT2D eigenvalue weighted by Crippen LogP contribution is -2.69. The normalized spacial score (nSPS) is 35.2. The molecule has 2 heterocycles. The highest BCUT2D eigenvalue weighted by Gasteiger charge is 2.64. The van der Waals surface area contributed by atoms with Gasteiger partial charge in [-0.05, 0) is 31.6 Å². The van der Waals surface area contributed by atoms with Crippen molar-refractivity contribution in [3.05, 3.63) is 11.1 Å². The lowest BCUT2D eigenvalue weighted by molar-refractivity contribution is -0.241. The molecule has 2 aliphatic heterocycles. The summed E-state index contributed by atoms with van der Waals surface area (Å²) < 4.78 is 0. The number of rotatable bonds is 3. The molecule has 0 aromatic carbocycles. The van der Waals surface area contributed by atoms with E-state index in [1.54, 1.807) is 11.8 Å². The predicted octanol–water partition coefficient (Wildman–Crippen LogP) is 3.03. The highest BCUT2D eigenvalue weighted by molar-refractivity contribution is 8.02. The summed E-state index contributed by atoms with van der Waals surface area (Å²) in [5, 5.41) is 13.1. The number of likely N-dealkylation sites (tertiary alicyclic amines) is 1. The van der Waals surface area contributed by atoms with Crippen LogP contribution in [-0.2, 0) is 4.79 Å². The summed E-state index contributed by atoms with van der Waals surface area (Å²) in [7, 11) is 0. The van der Waals surface area contributed by atoms with Crippen molar-refractivity contribution in [1.29, 1.82) is 0 Å². The first kappa shape index (κ1) is 17.2. The highest BCUT2D eigenvalue weighted by atomic mass is 32.2. The molecule has 1 N–H and O–H groups in total. The number of hydrogen-bond donors (Lipinski definition) is 1. The summed E-state index contributed by atoms with van der Waals surface area (Å²) in [6, 6.07) is 0.331. The zero-order chi connectivity index (χ0) is 17.0. The molecule has 1 aliphatic carbocycles. The zero-order valence-corrected chi connectivity index (χ0v) is 15.9. The Morgan fingerprint density at radius 1 is 1.39 bits per heavy atom. The summed E-state index contributed by atoms with van der Waals surface area (Å²) >= 11 is 1.66. The maximum absolute atomic E-state index is 12.9. The number of β-amino-alcohol motifs (C(OH)–C–C–N with tert-alkyl or cyclic N) is 1. The van der Waals surface area contributed by atoms with Gasteiger partial charge in [-0.15, -0.1) is 11.8 Å². The number of hydrogen-bond acceptors (Lipinski definition) is 4. The van der Waals surface area contributed by atoms with Crippen LogP contribution in [0.1, 0.15) is 53.9 Å². The minimum absolute atomic E-state index is 0.131. The van der Waals surface area contributed by atoms with Crippen molar-refractivity contribution < 1.29 is 9.90 Å². The van der Waals surface area contributed by atoms with Crippen molar-refractivity contribution >= 4 is 17.7 Å². The van der Waals surface area contributed by atoms with Gasteiger partial charge in [0, 0.05) is 30.0 Å². The molecule has 1 unspecified atom stereocenters. The van der Waals surface area contributed by atoms with Crippen molar-refractivity contribution in [3.63, 3.8) is 0 Å². The van der Waals surface area contributed by atoms with E-state index < -0.39 is 5.60 Å². The van der Waals surface area contributed by atoms with E-state index in [0.29, 0.717) is 12.6 Å². The number of carbonyl (C=O) groups is 1. The summed E-state index contributed by atoms with van der Waals surface area (Å²) in [5.74, 6) is 0.905. The van der Waals surface area contributed by atoms with Gasteiger partial charge < -0.3 is 14.9 Å². The first-order valence-electron chi connectivity index (χ1n) is 8.69. The van der Waals surface area contributed by atoms with E-state index in [1.165, 1.54) is 0 Å². The topological polar surface area (TPSA) is 43.8 Å². The van der Waals surface area contributed by atoms with E-state index >= 15 is 0 Å². The monoisotopic (exact) mass is 338 g/mol. The van der Waals surface area contributed by atoms with Crippen LogP contribution in [0.3, 0.4) is 0 Å². The molecule has 3 aliphatic rings. The van der Waals surface area contributed by atoms with Crippen LogP contribution in [0.2, 0.25) is 0 Å². The van der Waals surface area contributed by atoms with E-state index in [9.17, 15) is 9.90 Å². The average molecular weight is 339 g/mol. The van der Waals surface area contributed by atoms with E-state index in [0.717, 1.165) is 37.4 Å². The molecule has 2 atom stereocenters. The molecule has 1 amide bonds. The molecule has 130 valence electrons. The average Bonchev–Trinajstić information content (AvgIpc) is 3.06. The Hall–Kier alpha value is -0.680. The zero-order valence-electron chi connectivity index (χ0n) is 15.1. The minimum atomic E-state index is -0.725. The fourth-order valence-electron chi connectivity index (χ4n) is 4.31. The van der Waals surface area contributed by atoms with Gasteiger partial charge in [0.05, 0.1) is 11.5 Å². The van der Waals surface area contributed by atoms with Crippen molar-refractivity contribution in [3.8, 4) is 0 Å². The van der Waals surface area contributed by atoms with E-state index in [2.05, 4.69) is 39.5 Å². The van der Waals surface area contributed by atoms with Crippen molar-refractivity contribution in [2.45, 2.75) is 65.5 Å². The standard InChI is InChI=1S/C18H30N2O2S/c1-13-7-6-8-20(13)15(21)14-9-23-12-19(14)11-18(22)10-16(2,3)17(18,4)5/h9,13,22H,6-8,10-12H2,1-5H3/t13-,18?/m0/s1. The maximum atomic E-state index is 12.9. The molecule has 0 aromatic heterocycles. The smallest absolute Gasteiger partial charge is 0.270 e. The van der Waals surface area contributed by atoms with Crippen LogP contribution < -0.4 is 0 Å². The third-order valence-electron chi connectivity index (χ3n) is 6.84. The quantitative estimate of drug-likeness (QED) is 0.859. The van der Waals surface area contributed by atoms with Gasteiger partial charge in [0.25, 0.3) is 5.91 Å². The largest absolute Gasteiger partial charge is 0.387 e. The van der Waals surface area contributed by atoms with Crippen LogP contribution in [-0.4, -0.2) is 51.4 Å². The van der Waals surface area contributed by atoms with E-state index in [4.69, 9.17) is 0 Å². The van der Waals surface area contributed by atoms with Crippen molar-refractivity contribution in [2.24, 2.45) is 10.8 Å². The van der Waals surface area contributed by atoms with Gasteiger partial charge in [-0.2, -0.15) is 0 Å². The molecule has 1 saturated heterocycles. The van der Waals surface area contributed by atoms with Gasteiger partial charge in [0.1, 0.15) is 5.70 Å². The summed E-state index contributed by atoms with van der Waals surface area (Å²) in [4.78, 5) is 17.0. The Morgan fingerprint density at radius 3 is 2.61 bits per heavy atom. The lowest BCUT2D eigenvalue weighted by atomic mass is 9.44. The van der Waals surface area contributed by atoms with Crippen molar-refractivity contribution in [2.75, 3.05) is 19.0 Å². The van der Waals surface area contributed by atoms with Gasteiger partial charge >= 0.3 is 0 Å². The third kappa shape index (κ3) is 2.51. The molecular weight excluding hydrogens is 308 g/mol. The van der Waals surface area contributed by atoms with Gasteiger partial charge in [0.15, 0.2) is 0 Å². The summed E-state index contributed by atoms with van der Waals surface area (Å²) in [6.45, 7) is 12.3. The number of nitrogens with zero attached hydrogens (tertiary/aromatic N) is 2. The predicted molar refractivity (Wildman–Crippen MR) is 94.8 cm³/mol. The van der Waals surface area contributed by atoms with Gasteiger partial charge in [-0.1, -0.05) is 27.7 Å². The Bertz CT molecular complexity index is 543. The fraction of sp³-hybridized carbons (Fsp3) is 0.833. The van der Waals surface area contributed by atoms with Gasteiger partial charge in [0.2, 0.25) is 0 Å². The molecule has 1 saturated carbocycles. The first-order chi connectivity index (χ1) is 10.6. The summed E-state index contributed by atoms with van der Waals surface area (Å²) in [6.07, 6.45) is 2.98. The molecular formula is C18H30N2O2S.